The summed E-state index contributed by atoms with van der Waals surface area (Å²) in [6.45, 7) is 4.73. The number of hydrogen-bond donors (Lipinski definition) is 2. The Bertz CT molecular complexity index is 836. The molecule has 0 heterocycles. The van der Waals surface area contributed by atoms with E-state index in [0.29, 0.717) is 28.8 Å². The molecule has 2 rings (SSSR count). The van der Waals surface area contributed by atoms with Gasteiger partial charge >= 0.3 is 0 Å². The van der Waals surface area contributed by atoms with Crippen LogP contribution in [-0.2, 0) is 16.9 Å². The van der Waals surface area contributed by atoms with Crippen LogP contribution in [0.2, 0.25) is 5.02 Å². The van der Waals surface area contributed by atoms with Crippen molar-refractivity contribution >= 4 is 17.5 Å². The number of carbonyl (C=O) groups is 1. The van der Waals surface area contributed by atoms with Gasteiger partial charge in [0.05, 0.1) is 27.9 Å². The van der Waals surface area contributed by atoms with Crippen molar-refractivity contribution in [1.29, 1.82) is 0 Å². The van der Waals surface area contributed by atoms with Crippen LogP contribution >= 0.6 is 11.6 Å². The molecule has 0 spiro atoms. The molecule has 6 nitrogen and oxygen atoms in total. The average molecular weight is 435 g/mol. The Morgan fingerprint density at radius 2 is 1.50 bits per heavy atom. The number of hydrogen-bond acceptors (Lipinski definition) is 5. The van der Waals surface area contributed by atoms with E-state index in [9.17, 15) is 4.79 Å². The second kappa shape index (κ2) is 11.1. The van der Waals surface area contributed by atoms with E-state index < -0.39 is 0 Å². The molecule has 0 bridgehead atoms. The fraction of sp³-hybridized carbons (Fsp3) is 0.435. The quantitative estimate of drug-likeness (QED) is 0.552. The largest absolute Gasteiger partial charge is 0.496 e. The molecule has 0 saturated carbocycles. The third-order valence-corrected chi connectivity index (χ3v) is 5.71. The summed E-state index contributed by atoms with van der Waals surface area (Å²) in [5, 5.41) is 7.08. The Morgan fingerprint density at radius 3 is 2.03 bits per heavy atom. The number of amides is 1. The van der Waals surface area contributed by atoms with Crippen molar-refractivity contribution in [2.45, 2.75) is 38.8 Å². The maximum absolute atomic E-state index is 12.6. The Hall–Kier alpha value is -2.44. The van der Waals surface area contributed by atoms with E-state index in [1.807, 2.05) is 30.3 Å². The maximum Gasteiger partial charge on any atom is 0.234 e. The average Bonchev–Trinajstić information content (AvgIpc) is 2.78. The second-order valence-corrected chi connectivity index (χ2v) is 7.38. The molecule has 0 radical (unpaired) electrons. The van der Waals surface area contributed by atoms with E-state index in [4.69, 9.17) is 25.8 Å². The predicted octanol–water partition coefficient (Wildman–Crippen LogP) is 4.29. The van der Waals surface area contributed by atoms with E-state index in [1.54, 1.807) is 27.4 Å². The standard InChI is InChI=1S/C23H31ClN2O4/c1-6-23(7-2,17-8-10-18(24)11-9-17)26-15-22(27)25-14-16-12-20(29-4)21(30-5)13-19(16)28-3/h8-13,26H,6-7,14-15H2,1-5H3,(H,25,27). The van der Waals surface area contributed by atoms with Crippen LogP contribution in [0.4, 0.5) is 0 Å². The molecule has 0 aliphatic rings. The van der Waals surface area contributed by atoms with Gasteiger partial charge in [-0.3, -0.25) is 10.1 Å². The fourth-order valence-corrected chi connectivity index (χ4v) is 3.64. The first-order chi connectivity index (χ1) is 14.4. The minimum atomic E-state index is -0.289. The van der Waals surface area contributed by atoms with Crippen LogP contribution in [-0.4, -0.2) is 33.8 Å². The molecule has 0 aliphatic carbocycles. The van der Waals surface area contributed by atoms with Crippen LogP contribution in [0.5, 0.6) is 17.2 Å². The van der Waals surface area contributed by atoms with Crippen molar-refractivity contribution in [3.63, 3.8) is 0 Å². The molecule has 0 unspecified atom stereocenters. The van der Waals surface area contributed by atoms with Crippen molar-refractivity contribution in [3.8, 4) is 17.2 Å². The van der Waals surface area contributed by atoms with Gasteiger partial charge in [0.1, 0.15) is 5.75 Å². The second-order valence-electron chi connectivity index (χ2n) is 6.95. The van der Waals surface area contributed by atoms with Gasteiger partial charge in [-0.05, 0) is 36.6 Å². The summed E-state index contributed by atoms with van der Waals surface area (Å²) in [6.07, 6.45) is 1.70. The van der Waals surface area contributed by atoms with Crippen molar-refractivity contribution in [3.05, 3.63) is 52.5 Å². The Balaban J connectivity index is 2.05. The molecule has 0 fully saturated rings. The normalized spacial score (nSPS) is 11.1. The minimum absolute atomic E-state index is 0.105. The lowest BCUT2D eigenvalue weighted by Gasteiger charge is -2.33. The number of nitrogens with one attached hydrogen (secondary N) is 2. The number of benzene rings is 2. The summed E-state index contributed by atoms with van der Waals surface area (Å²) in [5.74, 6) is 1.68. The van der Waals surface area contributed by atoms with E-state index >= 15 is 0 Å². The van der Waals surface area contributed by atoms with Crippen molar-refractivity contribution in [2.24, 2.45) is 0 Å². The SMILES string of the molecule is CCC(CC)(NCC(=O)NCc1cc(OC)c(OC)cc1OC)c1ccc(Cl)cc1. The molecular formula is C23H31ClN2O4. The van der Waals surface area contributed by atoms with Crippen LogP contribution in [0.1, 0.15) is 37.8 Å². The van der Waals surface area contributed by atoms with Gasteiger partial charge in [-0.15, -0.1) is 0 Å². The first-order valence-electron chi connectivity index (χ1n) is 9.99. The summed E-state index contributed by atoms with van der Waals surface area (Å²) in [7, 11) is 4.72. The van der Waals surface area contributed by atoms with Crippen molar-refractivity contribution in [2.75, 3.05) is 27.9 Å². The first kappa shape index (κ1) is 23.8. The summed E-state index contributed by atoms with van der Waals surface area (Å²) in [6, 6.07) is 11.3. The zero-order chi connectivity index (χ0) is 22.1. The van der Waals surface area contributed by atoms with E-state index in [2.05, 4.69) is 24.5 Å². The molecular weight excluding hydrogens is 404 g/mol. The number of halogens is 1. The highest BCUT2D eigenvalue weighted by atomic mass is 35.5. The molecule has 2 aromatic rings. The molecule has 0 saturated heterocycles. The van der Waals surface area contributed by atoms with Gasteiger partial charge in [-0.25, -0.2) is 0 Å². The lowest BCUT2D eigenvalue weighted by Crippen LogP contribution is -2.46. The summed E-state index contributed by atoms with van der Waals surface area (Å²) in [4.78, 5) is 12.6. The molecule has 30 heavy (non-hydrogen) atoms. The van der Waals surface area contributed by atoms with Gasteiger partial charge in [0.25, 0.3) is 0 Å². The summed E-state index contributed by atoms with van der Waals surface area (Å²) < 4.78 is 16.1. The predicted molar refractivity (Wildman–Crippen MR) is 120 cm³/mol. The number of ether oxygens (including phenoxy) is 3. The lowest BCUT2D eigenvalue weighted by atomic mass is 9.84. The van der Waals surface area contributed by atoms with Crippen LogP contribution in [0.15, 0.2) is 36.4 Å². The zero-order valence-electron chi connectivity index (χ0n) is 18.3. The minimum Gasteiger partial charge on any atom is -0.496 e. The van der Waals surface area contributed by atoms with Crippen molar-refractivity contribution in [1.82, 2.24) is 10.6 Å². The zero-order valence-corrected chi connectivity index (χ0v) is 19.1. The van der Waals surface area contributed by atoms with Crippen LogP contribution in [0, 0.1) is 0 Å². The highest BCUT2D eigenvalue weighted by molar-refractivity contribution is 6.30. The summed E-state index contributed by atoms with van der Waals surface area (Å²) >= 11 is 6.03. The number of carbonyl (C=O) groups excluding carboxylic acids is 1. The monoisotopic (exact) mass is 434 g/mol. The van der Waals surface area contributed by atoms with Gasteiger partial charge < -0.3 is 19.5 Å². The van der Waals surface area contributed by atoms with E-state index in [1.165, 1.54) is 0 Å². The highest BCUT2D eigenvalue weighted by Crippen LogP contribution is 2.34. The first-order valence-corrected chi connectivity index (χ1v) is 10.4. The molecule has 2 aromatic carbocycles. The number of rotatable bonds is 11. The molecule has 164 valence electrons. The van der Waals surface area contributed by atoms with E-state index in [-0.39, 0.29) is 18.0 Å². The highest BCUT2D eigenvalue weighted by Gasteiger charge is 2.28. The maximum atomic E-state index is 12.6. The third-order valence-electron chi connectivity index (χ3n) is 5.45. The topological polar surface area (TPSA) is 68.8 Å². The van der Waals surface area contributed by atoms with Crippen LogP contribution < -0.4 is 24.8 Å². The third kappa shape index (κ3) is 5.58. The van der Waals surface area contributed by atoms with Crippen LogP contribution in [0.25, 0.3) is 0 Å². The lowest BCUT2D eigenvalue weighted by molar-refractivity contribution is -0.120. The van der Waals surface area contributed by atoms with Gasteiger partial charge in [0.2, 0.25) is 5.91 Å². The fourth-order valence-electron chi connectivity index (χ4n) is 3.52. The molecule has 1 amide bonds. The molecule has 7 heteroatoms. The molecule has 0 atom stereocenters. The van der Waals surface area contributed by atoms with Gasteiger partial charge in [0.15, 0.2) is 11.5 Å². The van der Waals surface area contributed by atoms with Gasteiger partial charge in [-0.2, -0.15) is 0 Å². The number of methoxy groups -OCH3 is 3. The smallest absolute Gasteiger partial charge is 0.234 e. The van der Waals surface area contributed by atoms with Crippen molar-refractivity contribution < 1.29 is 19.0 Å². The molecule has 0 aromatic heterocycles. The molecule has 0 aliphatic heterocycles. The Kier molecular flexibility index (Phi) is 8.81. The Labute approximate surface area is 183 Å². The van der Waals surface area contributed by atoms with Gasteiger partial charge in [0, 0.05) is 28.7 Å². The Morgan fingerprint density at radius 1 is 0.933 bits per heavy atom. The summed E-state index contributed by atoms with van der Waals surface area (Å²) in [5.41, 5.74) is 1.63. The van der Waals surface area contributed by atoms with Gasteiger partial charge in [-0.1, -0.05) is 37.6 Å². The van der Waals surface area contributed by atoms with E-state index in [0.717, 1.165) is 24.0 Å². The van der Waals surface area contributed by atoms with Crippen LogP contribution in [0.3, 0.4) is 0 Å². The molecule has 2 N–H and O–H groups in total.